The van der Waals surface area contributed by atoms with Crippen molar-refractivity contribution in [3.63, 3.8) is 0 Å². The molecule has 0 spiro atoms. The highest BCUT2D eigenvalue weighted by Gasteiger charge is 2.31. The second kappa shape index (κ2) is 7.50. The summed E-state index contributed by atoms with van der Waals surface area (Å²) in [6.45, 7) is 2.40. The quantitative estimate of drug-likeness (QED) is 0.789. The number of nitrogens with one attached hydrogen (secondary N) is 1. The average molecular weight is 393 g/mol. The predicted octanol–water partition coefficient (Wildman–Crippen LogP) is 3.47. The van der Waals surface area contributed by atoms with Crippen LogP contribution in [-0.2, 0) is 11.5 Å². The van der Waals surface area contributed by atoms with Gasteiger partial charge in [-0.25, -0.2) is 4.68 Å². The van der Waals surface area contributed by atoms with Crippen LogP contribution < -0.4 is 5.32 Å². The molecule has 1 saturated carbocycles. The fourth-order valence-electron chi connectivity index (χ4n) is 3.18. The van der Waals surface area contributed by atoms with E-state index in [0.717, 1.165) is 44.3 Å². The van der Waals surface area contributed by atoms with Crippen molar-refractivity contribution in [3.05, 3.63) is 34.1 Å². The van der Waals surface area contributed by atoms with E-state index < -0.39 is 0 Å². The normalized spacial score (nSPS) is 18.8. The van der Waals surface area contributed by atoms with Crippen molar-refractivity contribution in [2.75, 3.05) is 13.1 Å². The van der Waals surface area contributed by atoms with Gasteiger partial charge in [0, 0.05) is 35.6 Å². The number of rotatable bonds is 5. The van der Waals surface area contributed by atoms with Crippen molar-refractivity contribution in [2.45, 2.75) is 38.4 Å². The third kappa shape index (κ3) is 4.16. The largest absolute Gasteiger partial charge is 0.409 e. The lowest BCUT2D eigenvalue weighted by Gasteiger charge is -2.31. The Morgan fingerprint density at radius 3 is 2.58 bits per heavy atom. The molecule has 2 fully saturated rings. The fraction of sp³-hybridized carbons (Fsp3) is 0.500. The monoisotopic (exact) mass is 392 g/mol. The summed E-state index contributed by atoms with van der Waals surface area (Å²) in [6.07, 6.45) is 4.00. The SMILES string of the molecule is O=C(NC1CCN(Cn2nc(-c3ccc(Cl)cc3)oc2=S)CC1)C1CC1. The van der Waals surface area contributed by atoms with Gasteiger partial charge in [-0.3, -0.25) is 9.69 Å². The molecule has 1 N–H and O–H groups in total. The van der Waals surface area contributed by atoms with Gasteiger partial charge in [0.25, 0.3) is 4.84 Å². The third-order valence-electron chi connectivity index (χ3n) is 4.91. The molecule has 0 bridgehead atoms. The first kappa shape index (κ1) is 17.7. The minimum Gasteiger partial charge on any atom is -0.409 e. The lowest BCUT2D eigenvalue weighted by Crippen LogP contribution is -2.45. The molecule has 138 valence electrons. The minimum atomic E-state index is 0.231. The van der Waals surface area contributed by atoms with Gasteiger partial charge in [-0.05, 0) is 62.2 Å². The molecule has 1 aliphatic carbocycles. The van der Waals surface area contributed by atoms with Crippen LogP contribution in [0.15, 0.2) is 28.7 Å². The zero-order chi connectivity index (χ0) is 18.1. The molecule has 1 aromatic heterocycles. The van der Waals surface area contributed by atoms with Gasteiger partial charge in [-0.15, -0.1) is 5.10 Å². The highest BCUT2D eigenvalue weighted by Crippen LogP contribution is 2.29. The van der Waals surface area contributed by atoms with Crippen molar-refractivity contribution in [2.24, 2.45) is 5.92 Å². The molecule has 0 unspecified atom stereocenters. The van der Waals surface area contributed by atoms with E-state index in [1.165, 1.54) is 0 Å². The van der Waals surface area contributed by atoms with Gasteiger partial charge in [0.15, 0.2) is 0 Å². The molecule has 0 radical (unpaired) electrons. The summed E-state index contributed by atoms with van der Waals surface area (Å²) >= 11 is 11.2. The van der Waals surface area contributed by atoms with Crippen LogP contribution in [0.1, 0.15) is 25.7 Å². The van der Waals surface area contributed by atoms with Gasteiger partial charge in [0.05, 0.1) is 6.67 Å². The average Bonchev–Trinajstić information content (AvgIpc) is 3.42. The predicted molar refractivity (Wildman–Crippen MR) is 101 cm³/mol. The fourth-order valence-corrected chi connectivity index (χ4v) is 3.48. The van der Waals surface area contributed by atoms with E-state index in [1.54, 1.807) is 16.8 Å². The van der Waals surface area contributed by atoms with E-state index >= 15 is 0 Å². The van der Waals surface area contributed by atoms with Crippen molar-refractivity contribution >= 4 is 29.7 Å². The zero-order valence-corrected chi connectivity index (χ0v) is 15.9. The molecule has 8 heteroatoms. The summed E-state index contributed by atoms with van der Waals surface area (Å²) in [4.78, 5) is 14.5. The maximum absolute atomic E-state index is 11.9. The van der Waals surface area contributed by atoms with Gasteiger partial charge in [0.1, 0.15) is 0 Å². The van der Waals surface area contributed by atoms with Crippen LogP contribution in [0.4, 0.5) is 0 Å². The van der Waals surface area contributed by atoms with Crippen molar-refractivity contribution in [1.82, 2.24) is 20.0 Å². The maximum Gasteiger partial charge on any atom is 0.288 e. The van der Waals surface area contributed by atoms with E-state index in [-0.39, 0.29) is 17.9 Å². The summed E-state index contributed by atoms with van der Waals surface area (Å²) in [7, 11) is 0. The molecular weight excluding hydrogens is 372 g/mol. The number of likely N-dealkylation sites (tertiary alicyclic amines) is 1. The molecule has 1 saturated heterocycles. The first-order valence-electron chi connectivity index (χ1n) is 8.95. The van der Waals surface area contributed by atoms with Crippen molar-refractivity contribution in [1.29, 1.82) is 0 Å². The Morgan fingerprint density at radius 2 is 1.92 bits per heavy atom. The van der Waals surface area contributed by atoms with E-state index in [4.69, 9.17) is 28.2 Å². The second-order valence-corrected chi connectivity index (χ2v) is 7.78. The highest BCUT2D eigenvalue weighted by molar-refractivity contribution is 7.71. The van der Waals surface area contributed by atoms with Gasteiger partial charge in [-0.1, -0.05) is 11.6 Å². The molecule has 26 heavy (non-hydrogen) atoms. The second-order valence-electron chi connectivity index (χ2n) is 7.00. The van der Waals surface area contributed by atoms with Gasteiger partial charge >= 0.3 is 0 Å². The van der Waals surface area contributed by atoms with Crippen LogP contribution in [0.3, 0.4) is 0 Å². The van der Waals surface area contributed by atoms with E-state index in [1.807, 2.05) is 12.1 Å². The highest BCUT2D eigenvalue weighted by atomic mass is 35.5. The number of carbonyl (C=O) groups excluding carboxylic acids is 1. The number of hydrogen-bond donors (Lipinski definition) is 1. The molecule has 1 aromatic carbocycles. The molecule has 6 nitrogen and oxygen atoms in total. The lowest BCUT2D eigenvalue weighted by molar-refractivity contribution is -0.123. The van der Waals surface area contributed by atoms with Gasteiger partial charge in [0.2, 0.25) is 11.8 Å². The molecule has 2 aromatic rings. The van der Waals surface area contributed by atoms with Crippen LogP contribution in [0.25, 0.3) is 11.5 Å². The Labute approximate surface area is 162 Å². The van der Waals surface area contributed by atoms with E-state index in [2.05, 4.69) is 15.3 Å². The minimum absolute atomic E-state index is 0.231. The van der Waals surface area contributed by atoms with Crippen molar-refractivity contribution in [3.8, 4) is 11.5 Å². The molecular formula is C18H21ClN4O2S. The molecule has 1 amide bonds. The van der Waals surface area contributed by atoms with Crippen molar-refractivity contribution < 1.29 is 9.21 Å². The number of halogens is 1. The Morgan fingerprint density at radius 1 is 1.23 bits per heavy atom. The first-order chi connectivity index (χ1) is 12.6. The van der Waals surface area contributed by atoms with Crippen LogP contribution in [-0.4, -0.2) is 39.7 Å². The number of benzene rings is 1. The Hall–Kier alpha value is -1.70. The van der Waals surface area contributed by atoms with Crippen LogP contribution in [0.5, 0.6) is 0 Å². The van der Waals surface area contributed by atoms with Crippen LogP contribution >= 0.6 is 23.8 Å². The molecule has 4 rings (SSSR count). The molecule has 1 aliphatic heterocycles. The van der Waals surface area contributed by atoms with Crippen LogP contribution in [0.2, 0.25) is 5.02 Å². The number of aromatic nitrogens is 2. The Bertz CT molecular complexity index is 836. The number of hydrogen-bond acceptors (Lipinski definition) is 5. The number of carbonyl (C=O) groups is 1. The van der Waals surface area contributed by atoms with E-state index in [9.17, 15) is 4.79 Å². The lowest BCUT2D eigenvalue weighted by atomic mass is 10.1. The first-order valence-corrected chi connectivity index (χ1v) is 9.74. The summed E-state index contributed by atoms with van der Waals surface area (Å²) < 4.78 is 7.34. The van der Waals surface area contributed by atoms with Gasteiger partial charge in [-0.2, -0.15) is 0 Å². The summed E-state index contributed by atoms with van der Waals surface area (Å²) in [6, 6.07) is 7.61. The molecule has 2 heterocycles. The smallest absolute Gasteiger partial charge is 0.288 e. The maximum atomic E-state index is 11.9. The third-order valence-corrected chi connectivity index (χ3v) is 5.46. The summed E-state index contributed by atoms with van der Waals surface area (Å²) in [5.74, 6) is 1.00. The Balaban J connectivity index is 1.34. The van der Waals surface area contributed by atoms with Crippen LogP contribution in [0, 0.1) is 10.8 Å². The number of amides is 1. The molecule has 2 aliphatic rings. The van der Waals surface area contributed by atoms with Gasteiger partial charge < -0.3 is 9.73 Å². The number of nitrogens with zero attached hydrogens (tertiary/aromatic N) is 3. The standard InChI is InChI=1S/C18H21ClN4O2S/c19-14-5-3-13(4-6-14)17-21-23(18(26)25-17)11-22-9-7-15(8-10-22)20-16(24)12-1-2-12/h3-6,12,15H,1-2,7-11H2,(H,20,24). The Kier molecular flexibility index (Phi) is 5.11. The topological polar surface area (TPSA) is 63.3 Å². The number of piperidine rings is 1. The van der Waals surface area contributed by atoms with E-state index in [0.29, 0.717) is 22.4 Å². The summed E-state index contributed by atoms with van der Waals surface area (Å²) in [5.41, 5.74) is 0.848. The zero-order valence-electron chi connectivity index (χ0n) is 14.4. The molecule has 0 atom stereocenters. The summed E-state index contributed by atoms with van der Waals surface area (Å²) in [5, 5.41) is 8.33.